The molecule has 0 spiro atoms. The summed E-state index contributed by atoms with van der Waals surface area (Å²) in [5.74, 6) is 1.85. The van der Waals surface area contributed by atoms with E-state index in [1.54, 1.807) is 0 Å². The summed E-state index contributed by atoms with van der Waals surface area (Å²) in [6.07, 6.45) is 0.476. The van der Waals surface area contributed by atoms with Gasteiger partial charge in [-0.05, 0) is 48.3 Å². The van der Waals surface area contributed by atoms with Crippen LogP contribution >= 0.6 is 0 Å². The highest BCUT2D eigenvalue weighted by Gasteiger charge is 2.18. The minimum absolute atomic E-state index is 0.125. The molecule has 2 heteroatoms. The lowest BCUT2D eigenvalue weighted by Crippen LogP contribution is -2.34. The Labute approximate surface area is 124 Å². The van der Waals surface area contributed by atoms with Gasteiger partial charge in [-0.1, -0.05) is 45.9 Å². The first-order valence-electron chi connectivity index (χ1n) is 7.64. The van der Waals surface area contributed by atoms with Crippen LogP contribution in [0.2, 0.25) is 0 Å². The van der Waals surface area contributed by atoms with Gasteiger partial charge in [-0.3, -0.25) is 4.79 Å². The lowest BCUT2D eigenvalue weighted by atomic mass is 9.85. The Morgan fingerprint density at radius 2 is 1.65 bits per heavy atom. The van der Waals surface area contributed by atoms with E-state index in [9.17, 15) is 4.79 Å². The van der Waals surface area contributed by atoms with Crippen LogP contribution in [0.25, 0.3) is 0 Å². The Balaban J connectivity index is 2.53. The number of amides is 1. The van der Waals surface area contributed by atoms with Gasteiger partial charge < -0.3 is 5.32 Å². The van der Waals surface area contributed by atoms with Crippen molar-refractivity contribution < 1.29 is 4.79 Å². The second-order valence-electron chi connectivity index (χ2n) is 6.55. The van der Waals surface area contributed by atoms with Crippen LogP contribution < -0.4 is 5.32 Å². The lowest BCUT2D eigenvalue weighted by Gasteiger charge is -2.25. The van der Waals surface area contributed by atoms with E-state index in [1.807, 2.05) is 6.07 Å². The maximum atomic E-state index is 12.0. The Bertz CT molecular complexity index is 441. The third kappa shape index (κ3) is 4.99. The summed E-state index contributed by atoms with van der Waals surface area (Å²) >= 11 is 0. The molecular weight excluding hydrogens is 246 g/mol. The van der Waals surface area contributed by atoms with Gasteiger partial charge in [0.15, 0.2) is 0 Å². The summed E-state index contributed by atoms with van der Waals surface area (Å²) in [4.78, 5) is 12.0. The van der Waals surface area contributed by atoms with Crippen LogP contribution in [0.4, 0.5) is 0 Å². The summed E-state index contributed by atoms with van der Waals surface area (Å²) < 4.78 is 0. The second kappa shape index (κ2) is 7.47. The predicted molar refractivity (Wildman–Crippen MR) is 85.8 cm³/mol. The zero-order chi connectivity index (χ0) is 15.3. The number of carbonyl (C=O) groups excluding carboxylic acids is 1. The molecule has 20 heavy (non-hydrogen) atoms. The minimum atomic E-state index is 0.125. The van der Waals surface area contributed by atoms with Crippen LogP contribution in [0.5, 0.6) is 0 Å². The van der Waals surface area contributed by atoms with E-state index < -0.39 is 0 Å². The molecule has 1 rings (SSSR count). The average Bonchev–Trinajstić information content (AvgIpc) is 2.33. The third-order valence-corrected chi connectivity index (χ3v) is 4.18. The highest BCUT2D eigenvalue weighted by Crippen LogP contribution is 2.19. The predicted octanol–water partition coefficient (Wildman–Crippen LogP) is 3.89. The van der Waals surface area contributed by atoms with Crippen LogP contribution in [0.1, 0.15) is 44.4 Å². The molecule has 0 aliphatic rings. The summed E-state index contributed by atoms with van der Waals surface area (Å²) in [5.41, 5.74) is 3.61. The van der Waals surface area contributed by atoms with Crippen molar-refractivity contribution in [3.63, 3.8) is 0 Å². The molecule has 0 radical (unpaired) electrons. The van der Waals surface area contributed by atoms with E-state index in [1.165, 1.54) is 11.1 Å². The maximum Gasteiger partial charge on any atom is 0.224 e. The summed E-state index contributed by atoms with van der Waals surface area (Å²) in [6.45, 7) is 13.8. The molecule has 0 atom stereocenters. The third-order valence-electron chi connectivity index (χ3n) is 4.18. The first-order valence-corrected chi connectivity index (χ1v) is 7.64. The topological polar surface area (TPSA) is 29.1 Å². The Hall–Kier alpha value is -1.31. The van der Waals surface area contributed by atoms with Crippen molar-refractivity contribution in [3.8, 4) is 0 Å². The molecule has 0 bridgehead atoms. The molecule has 0 saturated carbocycles. The van der Waals surface area contributed by atoms with Gasteiger partial charge in [0.2, 0.25) is 5.91 Å². The normalized spacial score (nSPS) is 11.4. The Morgan fingerprint density at radius 3 is 2.15 bits per heavy atom. The minimum Gasteiger partial charge on any atom is -0.356 e. The van der Waals surface area contributed by atoms with Gasteiger partial charge in [-0.25, -0.2) is 0 Å². The maximum absolute atomic E-state index is 12.0. The van der Waals surface area contributed by atoms with Crippen molar-refractivity contribution in [1.82, 2.24) is 5.32 Å². The standard InChI is InChI=1S/C18H29NO/c1-12(2)17(13(3)4)11-19-18(20)10-16-8-7-14(5)15(6)9-16/h7-9,12-13,17H,10-11H2,1-6H3,(H,19,20). The van der Waals surface area contributed by atoms with E-state index in [0.717, 1.165) is 12.1 Å². The van der Waals surface area contributed by atoms with Gasteiger partial charge in [0.05, 0.1) is 6.42 Å². The van der Waals surface area contributed by atoms with Crippen LogP contribution in [0.3, 0.4) is 0 Å². The van der Waals surface area contributed by atoms with Gasteiger partial charge in [0.1, 0.15) is 0 Å². The van der Waals surface area contributed by atoms with Gasteiger partial charge in [-0.15, -0.1) is 0 Å². The molecule has 1 aromatic rings. The molecule has 0 saturated heterocycles. The van der Waals surface area contributed by atoms with Gasteiger partial charge in [0.25, 0.3) is 0 Å². The monoisotopic (exact) mass is 275 g/mol. The van der Waals surface area contributed by atoms with E-state index in [-0.39, 0.29) is 5.91 Å². The molecule has 0 unspecified atom stereocenters. The molecule has 0 fully saturated rings. The van der Waals surface area contributed by atoms with Crippen molar-refractivity contribution in [2.75, 3.05) is 6.54 Å². The van der Waals surface area contributed by atoms with Crippen molar-refractivity contribution in [1.29, 1.82) is 0 Å². The number of aryl methyl sites for hydroxylation is 2. The molecule has 0 aliphatic heterocycles. The Morgan fingerprint density at radius 1 is 1.05 bits per heavy atom. The molecule has 112 valence electrons. The first-order chi connectivity index (χ1) is 9.31. The summed E-state index contributed by atoms with van der Waals surface area (Å²) in [6, 6.07) is 6.24. The molecule has 0 aromatic heterocycles. The number of carbonyl (C=O) groups is 1. The zero-order valence-electron chi connectivity index (χ0n) is 13.8. The highest BCUT2D eigenvalue weighted by molar-refractivity contribution is 5.78. The smallest absolute Gasteiger partial charge is 0.224 e. The highest BCUT2D eigenvalue weighted by atomic mass is 16.1. The van der Waals surface area contributed by atoms with Crippen molar-refractivity contribution in [2.24, 2.45) is 17.8 Å². The molecule has 1 N–H and O–H groups in total. The van der Waals surface area contributed by atoms with Crippen LogP contribution in [0, 0.1) is 31.6 Å². The number of nitrogens with one attached hydrogen (secondary N) is 1. The van der Waals surface area contributed by atoms with Gasteiger partial charge in [0, 0.05) is 6.54 Å². The molecule has 2 nitrogen and oxygen atoms in total. The van der Waals surface area contributed by atoms with E-state index in [0.29, 0.717) is 24.2 Å². The Kier molecular flexibility index (Phi) is 6.25. The summed E-state index contributed by atoms with van der Waals surface area (Å²) in [5, 5.41) is 3.09. The van der Waals surface area contributed by atoms with Gasteiger partial charge in [-0.2, -0.15) is 0 Å². The van der Waals surface area contributed by atoms with E-state index in [4.69, 9.17) is 0 Å². The van der Waals surface area contributed by atoms with Gasteiger partial charge >= 0.3 is 0 Å². The SMILES string of the molecule is Cc1ccc(CC(=O)NCC(C(C)C)C(C)C)cc1C. The molecule has 0 aliphatic carbocycles. The fraction of sp³-hybridized carbons (Fsp3) is 0.611. The number of hydrogen-bond acceptors (Lipinski definition) is 1. The number of benzene rings is 1. The first kappa shape index (κ1) is 16.7. The molecule has 1 amide bonds. The quantitative estimate of drug-likeness (QED) is 0.838. The fourth-order valence-corrected chi connectivity index (χ4v) is 2.63. The number of rotatable bonds is 6. The number of hydrogen-bond donors (Lipinski definition) is 1. The van der Waals surface area contributed by atoms with Crippen molar-refractivity contribution >= 4 is 5.91 Å². The fourth-order valence-electron chi connectivity index (χ4n) is 2.63. The lowest BCUT2D eigenvalue weighted by molar-refractivity contribution is -0.120. The average molecular weight is 275 g/mol. The molecule has 0 heterocycles. The van der Waals surface area contributed by atoms with Crippen molar-refractivity contribution in [3.05, 3.63) is 34.9 Å². The second-order valence-corrected chi connectivity index (χ2v) is 6.55. The largest absolute Gasteiger partial charge is 0.356 e. The van der Waals surface area contributed by atoms with Crippen LogP contribution in [-0.2, 0) is 11.2 Å². The zero-order valence-corrected chi connectivity index (χ0v) is 13.8. The van der Waals surface area contributed by atoms with Crippen molar-refractivity contribution in [2.45, 2.75) is 48.0 Å². The molecular formula is C18H29NO. The van der Waals surface area contributed by atoms with Crippen LogP contribution in [0.15, 0.2) is 18.2 Å². The van der Waals surface area contributed by atoms with E-state index >= 15 is 0 Å². The van der Waals surface area contributed by atoms with E-state index in [2.05, 4.69) is 59.0 Å². The molecule has 1 aromatic carbocycles. The summed E-state index contributed by atoms with van der Waals surface area (Å²) in [7, 11) is 0. The van der Waals surface area contributed by atoms with Crippen LogP contribution in [-0.4, -0.2) is 12.5 Å².